The Hall–Kier alpha value is -1.98. The van der Waals surface area contributed by atoms with Crippen LogP contribution in [-0.4, -0.2) is 127 Å². The van der Waals surface area contributed by atoms with E-state index in [1.807, 2.05) is 0 Å². The normalized spacial score (nSPS) is 52.1. The van der Waals surface area contributed by atoms with Crippen LogP contribution in [0.5, 0.6) is 0 Å². The summed E-state index contributed by atoms with van der Waals surface area (Å²) in [5.74, 6) is -1.65. The summed E-state index contributed by atoms with van der Waals surface area (Å²) in [6.45, 7) is 15.2. The number of esters is 1. The van der Waals surface area contributed by atoms with Gasteiger partial charge in [-0.1, -0.05) is 58.4 Å². The van der Waals surface area contributed by atoms with Gasteiger partial charge >= 0.3 is 11.9 Å². The van der Waals surface area contributed by atoms with Gasteiger partial charge in [-0.25, -0.2) is 4.79 Å². The van der Waals surface area contributed by atoms with Gasteiger partial charge in [0, 0.05) is 5.92 Å². The smallest absolute Gasteiger partial charge is 0.335 e. The van der Waals surface area contributed by atoms with Gasteiger partial charge in [-0.15, -0.1) is 0 Å². The lowest BCUT2D eigenvalue weighted by molar-refractivity contribution is -0.324. The molecular weight excluding hydrogens is 716 g/mol. The molecule has 0 amide bonds. The number of aliphatic hydroxyl groups is 7. The van der Waals surface area contributed by atoms with Gasteiger partial charge in [-0.2, -0.15) is 0 Å². The van der Waals surface area contributed by atoms with Gasteiger partial charge < -0.3 is 59.8 Å². The van der Waals surface area contributed by atoms with Crippen LogP contribution in [0.4, 0.5) is 0 Å². The highest BCUT2D eigenvalue weighted by atomic mass is 16.7. The minimum atomic E-state index is -1.79. The molecule has 8 N–H and O–H groups in total. The van der Waals surface area contributed by atoms with Crippen LogP contribution < -0.4 is 0 Å². The van der Waals surface area contributed by atoms with E-state index in [2.05, 4.69) is 47.3 Å². The average molecular weight is 779 g/mol. The number of allylic oxidation sites excluding steroid dienone is 3. The number of carbonyl (C=O) groups is 2. The van der Waals surface area contributed by atoms with E-state index in [-0.39, 0.29) is 34.0 Å². The van der Waals surface area contributed by atoms with E-state index in [0.29, 0.717) is 32.1 Å². The van der Waals surface area contributed by atoms with Crippen molar-refractivity contribution < 1.29 is 69.4 Å². The average Bonchev–Trinajstić information content (AvgIpc) is 3.13. The zero-order valence-electron chi connectivity index (χ0n) is 32.7. The standard InChI is InChI=1S/C41H62O14/c1-19-9-14-41(36(51)55-34-30(47)27(44)26(43)22(18-42)52-34)16-15-39(5)20(21(41)17-19)7-8-24-38(4)12-11-25(37(2,3)23(38)10-13-40(24,39)6)53-35-31(48)28(45)29(46)32(54-35)33(49)50/h7,21-32,34-35,42-48H,1,8-18H2,2-6H3,(H,49,50). The maximum Gasteiger partial charge on any atom is 0.335 e. The van der Waals surface area contributed by atoms with E-state index in [4.69, 9.17) is 18.9 Å². The molecule has 18 atom stereocenters. The number of carboxylic acid groups (broad SMARTS) is 1. The van der Waals surface area contributed by atoms with Crippen molar-refractivity contribution in [1.29, 1.82) is 0 Å². The Balaban J connectivity index is 1.14. The Bertz CT molecular complexity index is 1560. The number of aliphatic hydroxyl groups excluding tert-OH is 7. The first kappa shape index (κ1) is 41.2. The van der Waals surface area contributed by atoms with E-state index in [9.17, 15) is 50.4 Å². The Labute approximate surface area is 322 Å². The summed E-state index contributed by atoms with van der Waals surface area (Å²) in [4.78, 5) is 26.2. The van der Waals surface area contributed by atoms with Crippen molar-refractivity contribution in [2.45, 2.75) is 166 Å². The SMILES string of the molecule is C=C1CCC2(C(=O)OC3OC(CO)C(O)C(O)C3O)CCC3(C)C(=CCC4C5(C)CCC(OC6OC(C(=O)O)C(O)C(O)C6O)C(C)(C)C5CCC43C)C2C1. The third kappa shape index (κ3) is 6.02. The van der Waals surface area contributed by atoms with Crippen molar-refractivity contribution in [3.8, 4) is 0 Å². The fourth-order valence-electron chi connectivity index (χ4n) is 13.1. The summed E-state index contributed by atoms with van der Waals surface area (Å²) in [5, 5.41) is 82.2. The molecular formula is C41H62O14. The van der Waals surface area contributed by atoms with E-state index >= 15 is 0 Å². The quantitative estimate of drug-likeness (QED) is 0.109. The molecule has 6 fully saturated rings. The van der Waals surface area contributed by atoms with Crippen LogP contribution in [0.3, 0.4) is 0 Å². The van der Waals surface area contributed by atoms with Gasteiger partial charge in [-0.3, -0.25) is 4.79 Å². The topological polar surface area (TPSA) is 233 Å². The number of hydrogen-bond acceptors (Lipinski definition) is 13. The fraction of sp³-hybridized carbons (Fsp3) is 0.854. The molecule has 14 heteroatoms. The van der Waals surface area contributed by atoms with Gasteiger partial charge in [0.15, 0.2) is 12.4 Å². The van der Waals surface area contributed by atoms with E-state index < -0.39 is 96.9 Å². The molecule has 0 aromatic rings. The summed E-state index contributed by atoms with van der Waals surface area (Å²) in [5.41, 5.74) is 0.508. The fourth-order valence-corrected chi connectivity index (χ4v) is 13.1. The molecule has 5 aliphatic carbocycles. The highest BCUT2D eigenvalue weighted by Crippen LogP contribution is 2.75. The van der Waals surface area contributed by atoms with Crippen molar-refractivity contribution in [2.75, 3.05) is 6.61 Å². The summed E-state index contributed by atoms with van der Waals surface area (Å²) in [7, 11) is 0. The second kappa shape index (κ2) is 14.1. The van der Waals surface area contributed by atoms with Crippen LogP contribution in [0.25, 0.3) is 0 Å². The summed E-state index contributed by atoms with van der Waals surface area (Å²) < 4.78 is 23.4. The molecule has 0 aromatic heterocycles. The Morgan fingerprint density at radius 2 is 1.49 bits per heavy atom. The number of hydrogen-bond donors (Lipinski definition) is 8. The molecule has 0 radical (unpaired) electrons. The van der Waals surface area contributed by atoms with E-state index in [1.54, 1.807) is 0 Å². The van der Waals surface area contributed by atoms with E-state index in [1.165, 1.54) is 5.57 Å². The van der Waals surface area contributed by atoms with Crippen LogP contribution in [0.2, 0.25) is 0 Å². The van der Waals surface area contributed by atoms with Crippen LogP contribution in [-0.2, 0) is 28.5 Å². The second-order valence-electron chi connectivity index (χ2n) is 19.3. The van der Waals surface area contributed by atoms with Crippen molar-refractivity contribution >= 4 is 11.9 Å². The first-order chi connectivity index (χ1) is 25.7. The molecule has 14 nitrogen and oxygen atoms in total. The molecule has 310 valence electrons. The largest absolute Gasteiger partial charge is 0.479 e. The first-order valence-corrected chi connectivity index (χ1v) is 20.1. The molecule has 55 heavy (non-hydrogen) atoms. The van der Waals surface area contributed by atoms with Crippen molar-refractivity contribution in [3.63, 3.8) is 0 Å². The van der Waals surface area contributed by atoms with Gasteiger partial charge in [0.1, 0.15) is 42.7 Å². The molecule has 2 aliphatic heterocycles. The third-order valence-electron chi connectivity index (χ3n) is 16.6. The maximum atomic E-state index is 14.4. The number of aliphatic carboxylic acids is 1. The number of ether oxygens (including phenoxy) is 4. The zero-order valence-corrected chi connectivity index (χ0v) is 32.7. The summed E-state index contributed by atoms with van der Waals surface area (Å²) >= 11 is 0. The lowest BCUT2D eigenvalue weighted by Crippen LogP contribution is -2.66. The van der Waals surface area contributed by atoms with Crippen molar-refractivity contribution in [1.82, 2.24) is 0 Å². The highest BCUT2D eigenvalue weighted by molar-refractivity contribution is 5.79. The van der Waals surface area contributed by atoms with Crippen LogP contribution in [0, 0.1) is 44.8 Å². The predicted molar refractivity (Wildman–Crippen MR) is 193 cm³/mol. The maximum absolute atomic E-state index is 14.4. The molecule has 0 bridgehead atoms. The van der Waals surface area contributed by atoms with Crippen LogP contribution in [0.1, 0.15) is 98.8 Å². The molecule has 2 heterocycles. The van der Waals surface area contributed by atoms with Crippen LogP contribution >= 0.6 is 0 Å². The highest BCUT2D eigenvalue weighted by Gasteiger charge is 2.69. The Morgan fingerprint density at radius 1 is 0.818 bits per heavy atom. The molecule has 4 saturated carbocycles. The molecule has 2 saturated heterocycles. The van der Waals surface area contributed by atoms with Crippen molar-refractivity contribution in [2.24, 2.45) is 44.8 Å². The van der Waals surface area contributed by atoms with Crippen molar-refractivity contribution in [3.05, 3.63) is 23.8 Å². The summed E-state index contributed by atoms with van der Waals surface area (Å²) in [6, 6.07) is 0. The Kier molecular flexibility index (Phi) is 10.6. The molecule has 7 aliphatic rings. The minimum Gasteiger partial charge on any atom is -0.479 e. The van der Waals surface area contributed by atoms with E-state index in [0.717, 1.165) is 37.7 Å². The Morgan fingerprint density at radius 3 is 2.16 bits per heavy atom. The van der Waals surface area contributed by atoms with Gasteiger partial charge in [-0.05, 0) is 97.7 Å². The monoisotopic (exact) mass is 778 g/mol. The first-order valence-electron chi connectivity index (χ1n) is 20.1. The molecule has 7 rings (SSSR count). The predicted octanol–water partition coefficient (Wildman–Crippen LogP) is 1.94. The number of rotatable bonds is 6. The number of carboxylic acids is 1. The minimum absolute atomic E-state index is 0.112. The molecule has 18 unspecified atom stereocenters. The summed E-state index contributed by atoms with van der Waals surface area (Å²) in [6.07, 6.45) is -6.78. The second-order valence-corrected chi connectivity index (χ2v) is 19.3. The number of carbonyl (C=O) groups excluding carboxylic acids is 1. The van der Waals surface area contributed by atoms with Gasteiger partial charge in [0.2, 0.25) is 6.29 Å². The van der Waals surface area contributed by atoms with Gasteiger partial charge in [0.05, 0.1) is 18.1 Å². The number of fused-ring (bicyclic) bond motifs is 7. The molecule has 0 aromatic carbocycles. The van der Waals surface area contributed by atoms with Gasteiger partial charge in [0.25, 0.3) is 0 Å². The zero-order chi connectivity index (χ0) is 40.2. The molecule has 0 spiro atoms. The third-order valence-corrected chi connectivity index (χ3v) is 16.6. The lowest BCUT2D eigenvalue weighted by atomic mass is 9.34. The lowest BCUT2D eigenvalue weighted by Gasteiger charge is -2.71. The van der Waals surface area contributed by atoms with Crippen LogP contribution in [0.15, 0.2) is 23.8 Å².